The maximum absolute atomic E-state index is 12.6. The second kappa shape index (κ2) is 5.94. The number of pyridine rings is 1. The number of nitrogens with one attached hydrogen (secondary N) is 1. The summed E-state index contributed by atoms with van der Waals surface area (Å²) in [6.07, 6.45) is 5.83. The summed E-state index contributed by atoms with van der Waals surface area (Å²) in [5.41, 5.74) is 2.93. The van der Waals surface area contributed by atoms with Crippen LogP contribution < -0.4 is 5.32 Å². The van der Waals surface area contributed by atoms with Crippen molar-refractivity contribution in [3.8, 4) is 0 Å². The predicted octanol–water partition coefficient (Wildman–Crippen LogP) is 3.51. The third-order valence-electron chi connectivity index (χ3n) is 4.31. The highest BCUT2D eigenvalue weighted by Crippen LogP contribution is 2.40. The Balaban J connectivity index is 1.62. The average Bonchev–Trinajstić information content (AvgIpc) is 3.38. The van der Waals surface area contributed by atoms with Crippen molar-refractivity contribution in [1.29, 1.82) is 0 Å². The number of thiophene rings is 1. The predicted molar refractivity (Wildman–Crippen MR) is 94.3 cm³/mol. The van der Waals surface area contributed by atoms with E-state index < -0.39 is 0 Å². The topological polar surface area (TPSA) is 67.8 Å². The number of hydrogen-bond donors (Lipinski definition) is 1. The largest absolute Gasteiger partial charge is 0.347 e. The van der Waals surface area contributed by atoms with Gasteiger partial charge in [0.25, 0.3) is 5.91 Å². The third kappa shape index (κ3) is 2.78. The van der Waals surface area contributed by atoms with Gasteiger partial charge in [-0.15, -0.1) is 11.3 Å². The maximum Gasteiger partial charge on any atom is 0.261 e. The van der Waals surface area contributed by atoms with E-state index in [-0.39, 0.29) is 5.91 Å². The van der Waals surface area contributed by atoms with Crippen LogP contribution in [0.4, 0.5) is 0 Å². The van der Waals surface area contributed by atoms with E-state index in [4.69, 9.17) is 4.98 Å². The summed E-state index contributed by atoms with van der Waals surface area (Å²) in [4.78, 5) is 27.6. The van der Waals surface area contributed by atoms with E-state index in [1.807, 2.05) is 26.0 Å². The van der Waals surface area contributed by atoms with E-state index >= 15 is 0 Å². The number of carbonyl (C=O) groups is 1. The quantitative estimate of drug-likeness (QED) is 0.790. The molecule has 0 unspecified atom stereocenters. The van der Waals surface area contributed by atoms with Gasteiger partial charge in [0, 0.05) is 30.2 Å². The van der Waals surface area contributed by atoms with Gasteiger partial charge in [0.1, 0.15) is 10.7 Å². The summed E-state index contributed by atoms with van der Waals surface area (Å²) < 4.78 is 0. The molecule has 3 aromatic rings. The van der Waals surface area contributed by atoms with Gasteiger partial charge in [-0.2, -0.15) is 0 Å². The lowest BCUT2D eigenvalue weighted by atomic mass is 10.1. The van der Waals surface area contributed by atoms with E-state index in [0.29, 0.717) is 12.5 Å². The van der Waals surface area contributed by atoms with Crippen molar-refractivity contribution in [2.24, 2.45) is 0 Å². The molecule has 1 aliphatic rings. The molecule has 0 bridgehead atoms. The second-order valence-electron chi connectivity index (χ2n) is 6.22. The Labute approximate surface area is 144 Å². The minimum absolute atomic E-state index is 0.0632. The Hall–Kier alpha value is -2.34. The van der Waals surface area contributed by atoms with Gasteiger partial charge < -0.3 is 5.32 Å². The van der Waals surface area contributed by atoms with E-state index in [9.17, 15) is 4.79 Å². The van der Waals surface area contributed by atoms with E-state index in [1.165, 1.54) is 24.2 Å². The minimum atomic E-state index is -0.0632. The molecular formula is C18H18N4OS. The van der Waals surface area contributed by atoms with Crippen LogP contribution in [-0.2, 0) is 6.54 Å². The van der Waals surface area contributed by atoms with Gasteiger partial charge in [-0.3, -0.25) is 9.78 Å². The molecule has 3 heterocycles. The number of fused-ring (bicyclic) bond motifs is 1. The maximum atomic E-state index is 12.6. The molecule has 0 saturated heterocycles. The fourth-order valence-electron chi connectivity index (χ4n) is 2.87. The van der Waals surface area contributed by atoms with Crippen molar-refractivity contribution >= 4 is 27.5 Å². The number of hydrogen-bond acceptors (Lipinski definition) is 5. The van der Waals surface area contributed by atoms with Crippen LogP contribution >= 0.6 is 11.3 Å². The van der Waals surface area contributed by atoms with E-state index in [0.717, 1.165) is 37.7 Å². The van der Waals surface area contributed by atoms with Gasteiger partial charge in [-0.1, -0.05) is 6.07 Å². The van der Waals surface area contributed by atoms with E-state index in [2.05, 4.69) is 15.3 Å². The van der Waals surface area contributed by atoms with Crippen molar-refractivity contribution in [2.45, 2.75) is 39.2 Å². The highest BCUT2D eigenvalue weighted by atomic mass is 32.1. The van der Waals surface area contributed by atoms with Crippen LogP contribution in [0.15, 0.2) is 24.5 Å². The van der Waals surface area contributed by atoms with Crippen LogP contribution in [-0.4, -0.2) is 20.9 Å². The molecule has 0 spiro atoms. The van der Waals surface area contributed by atoms with Crippen molar-refractivity contribution in [3.63, 3.8) is 0 Å². The summed E-state index contributed by atoms with van der Waals surface area (Å²) in [5.74, 6) is 1.38. The molecule has 1 saturated carbocycles. The molecule has 1 amide bonds. The molecule has 1 aliphatic carbocycles. The van der Waals surface area contributed by atoms with Crippen LogP contribution in [0.25, 0.3) is 10.2 Å². The zero-order chi connectivity index (χ0) is 16.7. The van der Waals surface area contributed by atoms with Crippen LogP contribution in [0.3, 0.4) is 0 Å². The lowest BCUT2D eigenvalue weighted by molar-refractivity contribution is 0.0954. The average molecular weight is 338 g/mol. The number of aromatic nitrogens is 3. The Morgan fingerprint density at radius 3 is 2.88 bits per heavy atom. The van der Waals surface area contributed by atoms with Gasteiger partial charge in [0.2, 0.25) is 0 Å². The zero-order valence-electron chi connectivity index (χ0n) is 13.7. The van der Waals surface area contributed by atoms with Crippen molar-refractivity contribution in [3.05, 3.63) is 52.0 Å². The van der Waals surface area contributed by atoms with Crippen LogP contribution in [0.5, 0.6) is 0 Å². The number of amides is 1. The summed E-state index contributed by atoms with van der Waals surface area (Å²) in [6, 6.07) is 3.81. The number of carbonyl (C=O) groups excluding carboxylic acids is 1. The monoisotopic (exact) mass is 338 g/mol. The third-order valence-corrected chi connectivity index (χ3v) is 5.50. The first-order valence-corrected chi connectivity index (χ1v) is 8.90. The molecule has 0 aromatic carbocycles. The minimum Gasteiger partial charge on any atom is -0.347 e. The van der Waals surface area contributed by atoms with Crippen molar-refractivity contribution < 1.29 is 4.79 Å². The first-order chi connectivity index (χ1) is 11.6. The number of aryl methyl sites for hydroxylation is 2. The van der Waals surface area contributed by atoms with Gasteiger partial charge in [-0.05, 0) is 43.9 Å². The van der Waals surface area contributed by atoms with Crippen LogP contribution in [0.1, 0.15) is 51.1 Å². The molecule has 0 aliphatic heterocycles. The second-order valence-corrected chi connectivity index (χ2v) is 7.22. The van der Waals surface area contributed by atoms with Gasteiger partial charge >= 0.3 is 0 Å². The highest BCUT2D eigenvalue weighted by Gasteiger charge is 2.28. The summed E-state index contributed by atoms with van der Waals surface area (Å²) in [5, 5.41) is 3.99. The van der Waals surface area contributed by atoms with Gasteiger partial charge in [0.15, 0.2) is 0 Å². The number of rotatable bonds is 4. The SMILES string of the molecule is Cc1nc(C2CC2)nc2sc(C(=O)NCc3cccnc3)c(C)c12. The molecular weight excluding hydrogens is 320 g/mol. The molecule has 6 heteroatoms. The zero-order valence-corrected chi connectivity index (χ0v) is 14.5. The molecule has 24 heavy (non-hydrogen) atoms. The van der Waals surface area contributed by atoms with Gasteiger partial charge in [0.05, 0.1) is 10.6 Å². The van der Waals surface area contributed by atoms with E-state index in [1.54, 1.807) is 12.4 Å². The molecule has 0 atom stereocenters. The molecule has 0 radical (unpaired) electrons. The Morgan fingerprint density at radius 1 is 1.33 bits per heavy atom. The van der Waals surface area contributed by atoms with Crippen LogP contribution in [0, 0.1) is 13.8 Å². The summed E-state index contributed by atoms with van der Waals surface area (Å²) >= 11 is 1.46. The fraction of sp³-hybridized carbons (Fsp3) is 0.333. The molecule has 3 aromatic heterocycles. The Bertz CT molecular complexity index is 916. The highest BCUT2D eigenvalue weighted by molar-refractivity contribution is 7.20. The molecule has 1 fully saturated rings. The van der Waals surface area contributed by atoms with Gasteiger partial charge in [-0.25, -0.2) is 9.97 Å². The Morgan fingerprint density at radius 2 is 2.17 bits per heavy atom. The molecule has 1 N–H and O–H groups in total. The first kappa shape index (κ1) is 15.2. The van der Waals surface area contributed by atoms with Crippen molar-refractivity contribution in [1.82, 2.24) is 20.3 Å². The smallest absolute Gasteiger partial charge is 0.261 e. The summed E-state index contributed by atoms with van der Waals surface area (Å²) in [6.45, 7) is 4.45. The summed E-state index contributed by atoms with van der Waals surface area (Å²) in [7, 11) is 0. The lowest BCUT2D eigenvalue weighted by Crippen LogP contribution is -2.22. The standard InChI is InChI=1S/C18H18N4OS/c1-10-14-11(2)21-16(13-5-6-13)22-18(14)24-15(10)17(23)20-9-12-4-3-7-19-8-12/h3-4,7-8,13H,5-6,9H2,1-2H3,(H,20,23). The lowest BCUT2D eigenvalue weighted by Gasteiger charge is -2.04. The normalized spacial score (nSPS) is 14.1. The van der Waals surface area contributed by atoms with Crippen molar-refractivity contribution in [2.75, 3.05) is 0 Å². The fourth-order valence-corrected chi connectivity index (χ4v) is 4.02. The molecule has 4 rings (SSSR count). The van der Waals surface area contributed by atoms with Crippen LogP contribution in [0.2, 0.25) is 0 Å². The molecule has 5 nitrogen and oxygen atoms in total. The number of nitrogens with zero attached hydrogens (tertiary/aromatic N) is 3. The molecule has 122 valence electrons. The first-order valence-electron chi connectivity index (χ1n) is 8.08. The Kier molecular flexibility index (Phi) is 3.76.